The fraction of sp³-hybridized carbons (Fsp3) is 0.304. The van der Waals surface area contributed by atoms with Crippen LogP contribution >= 0.6 is 0 Å². The van der Waals surface area contributed by atoms with Gasteiger partial charge in [-0.2, -0.15) is 0 Å². The summed E-state index contributed by atoms with van der Waals surface area (Å²) in [6.07, 6.45) is 0. The van der Waals surface area contributed by atoms with Gasteiger partial charge >= 0.3 is 0 Å². The van der Waals surface area contributed by atoms with Crippen LogP contribution in [0, 0.1) is 6.92 Å². The lowest BCUT2D eigenvalue weighted by atomic mass is 9.98. The first kappa shape index (κ1) is 19.2. The van der Waals surface area contributed by atoms with Gasteiger partial charge in [-0.1, -0.05) is 23.8 Å². The third-order valence-electron chi connectivity index (χ3n) is 5.34. The van der Waals surface area contributed by atoms with Crippen LogP contribution in [0.2, 0.25) is 0 Å². The van der Waals surface area contributed by atoms with E-state index in [0.717, 1.165) is 16.9 Å². The van der Waals surface area contributed by atoms with Gasteiger partial charge in [-0.25, -0.2) is 0 Å². The molecule has 1 aromatic heterocycles. The molecule has 150 valence electrons. The number of aryl methyl sites for hydroxylation is 1. The molecule has 0 bridgehead atoms. The Kier molecular flexibility index (Phi) is 4.88. The van der Waals surface area contributed by atoms with Crippen LogP contribution in [0.3, 0.4) is 0 Å². The summed E-state index contributed by atoms with van der Waals surface area (Å²) in [5, 5.41) is 0.504. The SMILES string of the molecule is COc1ccc([C@H]2c3c(oc4ccc(C)cc4c3=O)C(=O)N2CCN(C)C)cc1. The van der Waals surface area contributed by atoms with Crippen LogP contribution in [0.5, 0.6) is 5.75 Å². The van der Waals surface area contributed by atoms with Crippen molar-refractivity contribution in [3.05, 3.63) is 75.1 Å². The third-order valence-corrected chi connectivity index (χ3v) is 5.34. The minimum atomic E-state index is -0.482. The van der Waals surface area contributed by atoms with Crippen molar-refractivity contribution in [2.45, 2.75) is 13.0 Å². The van der Waals surface area contributed by atoms with Gasteiger partial charge < -0.3 is 19.0 Å². The molecule has 2 heterocycles. The predicted molar refractivity (Wildman–Crippen MR) is 112 cm³/mol. The summed E-state index contributed by atoms with van der Waals surface area (Å²) in [6.45, 7) is 3.10. The van der Waals surface area contributed by atoms with Crippen molar-refractivity contribution < 1.29 is 13.9 Å². The van der Waals surface area contributed by atoms with E-state index < -0.39 is 6.04 Å². The quantitative estimate of drug-likeness (QED) is 0.667. The number of carbonyl (C=O) groups excluding carboxylic acids is 1. The van der Waals surface area contributed by atoms with E-state index in [0.29, 0.717) is 29.6 Å². The van der Waals surface area contributed by atoms with Crippen LogP contribution in [0.4, 0.5) is 0 Å². The Balaban J connectivity index is 1.92. The predicted octanol–water partition coefficient (Wildman–Crippen LogP) is 3.22. The van der Waals surface area contributed by atoms with E-state index in [2.05, 4.69) is 0 Å². The number of hydrogen-bond acceptors (Lipinski definition) is 5. The maximum Gasteiger partial charge on any atom is 0.290 e. The third kappa shape index (κ3) is 3.29. The van der Waals surface area contributed by atoms with E-state index in [1.54, 1.807) is 18.1 Å². The van der Waals surface area contributed by atoms with E-state index in [4.69, 9.17) is 9.15 Å². The molecule has 0 unspecified atom stereocenters. The lowest BCUT2D eigenvalue weighted by Gasteiger charge is -2.26. The molecule has 1 aliphatic rings. The Bertz CT molecular complexity index is 1130. The van der Waals surface area contributed by atoms with Gasteiger partial charge in [-0.05, 0) is 50.8 Å². The zero-order valence-corrected chi connectivity index (χ0v) is 17.1. The molecule has 0 aliphatic carbocycles. The molecule has 0 radical (unpaired) electrons. The molecule has 29 heavy (non-hydrogen) atoms. The second kappa shape index (κ2) is 7.37. The average molecular weight is 392 g/mol. The molecule has 0 saturated heterocycles. The zero-order chi connectivity index (χ0) is 20.7. The number of fused-ring (bicyclic) bond motifs is 2. The van der Waals surface area contributed by atoms with E-state index in [1.807, 2.05) is 62.3 Å². The number of nitrogens with zero attached hydrogens (tertiary/aromatic N) is 2. The Morgan fingerprint density at radius 3 is 2.48 bits per heavy atom. The molecule has 1 atom stereocenters. The van der Waals surface area contributed by atoms with Crippen LogP contribution in [-0.4, -0.2) is 50.0 Å². The zero-order valence-electron chi connectivity index (χ0n) is 17.1. The van der Waals surface area contributed by atoms with Crippen LogP contribution in [0.15, 0.2) is 51.7 Å². The summed E-state index contributed by atoms with van der Waals surface area (Å²) in [6, 6.07) is 12.4. The summed E-state index contributed by atoms with van der Waals surface area (Å²) in [5.41, 5.74) is 2.54. The number of methoxy groups -OCH3 is 1. The van der Waals surface area contributed by atoms with Gasteiger partial charge in [0, 0.05) is 13.1 Å². The molecule has 0 N–H and O–H groups in total. The number of benzene rings is 2. The molecule has 1 amide bonds. The second-order valence-corrected chi connectivity index (χ2v) is 7.65. The molecule has 3 aromatic rings. The van der Waals surface area contributed by atoms with Gasteiger partial charge in [-0.15, -0.1) is 0 Å². The summed E-state index contributed by atoms with van der Waals surface area (Å²) < 4.78 is 11.2. The van der Waals surface area contributed by atoms with Crippen LogP contribution in [0.1, 0.15) is 33.3 Å². The molecule has 6 nitrogen and oxygen atoms in total. The van der Waals surface area contributed by atoms with Gasteiger partial charge in [0.25, 0.3) is 5.91 Å². The fourth-order valence-electron chi connectivity index (χ4n) is 3.81. The number of rotatable bonds is 5. The van der Waals surface area contributed by atoms with Crippen molar-refractivity contribution in [1.82, 2.24) is 9.80 Å². The van der Waals surface area contributed by atoms with Crippen molar-refractivity contribution in [2.24, 2.45) is 0 Å². The van der Waals surface area contributed by atoms with Crippen molar-refractivity contribution in [2.75, 3.05) is 34.3 Å². The minimum absolute atomic E-state index is 0.144. The van der Waals surface area contributed by atoms with Gasteiger partial charge in [0.05, 0.1) is 24.1 Å². The lowest BCUT2D eigenvalue weighted by molar-refractivity contribution is 0.0716. The van der Waals surface area contributed by atoms with Crippen molar-refractivity contribution in [1.29, 1.82) is 0 Å². The number of amides is 1. The maximum atomic E-state index is 13.4. The highest BCUT2D eigenvalue weighted by molar-refractivity contribution is 5.99. The van der Waals surface area contributed by atoms with Gasteiger partial charge in [-0.3, -0.25) is 9.59 Å². The largest absolute Gasteiger partial charge is 0.497 e. The van der Waals surface area contributed by atoms with Crippen molar-refractivity contribution in [3.8, 4) is 5.75 Å². The topological polar surface area (TPSA) is 63.0 Å². The number of likely N-dealkylation sites (N-methyl/N-ethyl adjacent to an activating group) is 1. The van der Waals surface area contributed by atoms with E-state index in [-0.39, 0.29) is 17.1 Å². The maximum absolute atomic E-state index is 13.4. The first-order chi connectivity index (χ1) is 13.9. The van der Waals surface area contributed by atoms with Gasteiger partial charge in [0.2, 0.25) is 5.76 Å². The minimum Gasteiger partial charge on any atom is -0.497 e. The van der Waals surface area contributed by atoms with Crippen molar-refractivity contribution >= 4 is 16.9 Å². The number of hydrogen-bond donors (Lipinski definition) is 0. The van der Waals surface area contributed by atoms with Crippen LogP contribution < -0.4 is 10.2 Å². The van der Waals surface area contributed by atoms with Gasteiger partial charge in [0.1, 0.15) is 11.3 Å². The Morgan fingerprint density at radius 2 is 1.83 bits per heavy atom. The summed E-state index contributed by atoms with van der Waals surface area (Å²) in [7, 11) is 5.52. The number of carbonyl (C=O) groups is 1. The first-order valence-corrected chi connectivity index (χ1v) is 9.57. The molecule has 0 spiro atoms. The molecule has 1 aliphatic heterocycles. The molecule has 6 heteroatoms. The lowest BCUT2D eigenvalue weighted by Crippen LogP contribution is -2.35. The van der Waals surface area contributed by atoms with Crippen LogP contribution in [-0.2, 0) is 0 Å². The van der Waals surface area contributed by atoms with Crippen molar-refractivity contribution in [3.63, 3.8) is 0 Å². The molecule has 4 rings (SSSR count). The molecule has 0 fully saturated rings. The summed E-state index contributed by atoms with van der Waals surface area (Å²) >= 11 is 0. The molecular weight excluding hydrogens is 368 g/mol. The van der Waals surface area contributed by atoms with E-state index in [1.165, 1.54) is 0 Å². The monoisotopic (exact) mass is 392 g/mol. The molecule has 0 saturated carbocycles. The summed E-state index contributed by atoms with van der Waals surface area (Å²) in [4.78, 5) is 30.4. The van der Waals surface area contributed by atoms with E-state index in [9.17, 15) is 9.59 Å². The van der Waals surface area contributed by atoms with E-state index >= 15 is 0 Å². The van der Waals surface area contributed by atoms with Gasteiger partial charge in [0.15, 0.2) is 5.43 Å². The van der Waals surface area contributed by atoms with Crippen LogP contribution in [0.25, 0.3) is 11.0 Å². The normalized spacial score (nSPS) is 16.0. The second-order valence-electron chi connectivity index (χ2n) is 7.65. The number of ether oxygens (including phenoxy) is 1. The standard InChI is InChI=1S/C23H24N2O4/c1-14-5-10-18-17(13-14)21(26)19-20(15-6-8-16(28-4)9-7-15)25(12-11-24(2)3)23(27)22(19)29-18/h5-10,13,20H,11-12H2,1-4H3/t20-/m0/s1. The fourth-order valence-corrected chi connectivity index (χ4v) is 3.81. The highest BCUT2D eigenvalue weighted by Gasteiger charge is 2.42. The molecule has 2 aromatic carbocycles. The highest BCUT2D eigenvalue weighted by Crippen LogP contribution is 2.38. The Hall–Kier alpha value is -3.12. The Labute approximate surface area is 169 Å². The molecular formula is C23H24N2O4. The first-order valence-electron chi connectivity index (χ1n) is 9.57. The highest BCUT2D eigenvalue weighted by atomic mass is 16.5. The Morgan fingerprint density at radius 1 is 1.10 bits per heavy atom. The summed E-state index contributed by atoms with van der Waals surface area (Å²) in [5.74, 6) is 0.618. The smallest absolute Gasteiger partial charge is 0.290 e. The average Bonchev–Trinajstić information content (AvgIpc) is 2.99.